The van der Waals surface area contributed by atoms with Gasteiger partial charge in [-0.1, -0.05) is 36.8 Å². The highest BCUT2D eigenvalue weighted by atomic mass is 32.2. The summed E-state index contributed by atoms with van der Waals surface area (Å²) in [6.45, 7) is 3.43. The minimum absolute atomic E-state index is 0.581. The minimum Gasteiger partial charge on any atom is -0.314 e. The van der Waals surface area contributed by atoms with Crippen molar-refractivity contribution in [3.63, 3.8) is 0 Å². The van der Waals surface area contributed by atoms with Crippen LogP contribution in [0.1, 0.15) is 31.7 Å². The Morgan fingerprint density at radius 2 is 1.88 bits per heavy atom. The van der Waals surface area contributed by atoms with E-state index in [-0.39, 0.29) is 0 Å². The van der Waals surface area contributed by atoms with Gasteiger partial charge in [-0.05, 0) is 50.3 Å². The molecule has 1 rings (SSSR count). The Hall–Kier alpha value is -0.470. The average Bonchev–Trinajstić information content (AvgIpc) is 2.35. The summed E-state index contributed by atoms with van der Waals surface area (Å²) in [4.78, 5) is 0. The van der Waals surface area contributed by atoms with Crippen molar-refractivity contribution < 1.29 is 0 Å². The molecule has 0 spiro atoms. The van der Waals surface area contributed by atoms with Crippen molar-refractivity contribution in [1.29, 1.82) is 0 Å². The Morgan fingerprint density at radius 3 is 2.59 bits per heavy atom. The number of unbranched alkanes of at least 4 members (excludes halogenated alkanes) is 2. The third-order valence-electron chi connectivity index (χ3n) is 2.90. The number of hydrogen-bond acceptors (Lipinski definition) is 2. The van der Waals surface area contributed by atoms with Crippen molar-refractivity contribution in [3.05, 3.63) is 35.9 Å². The normalized spacial score (nSPS) is 12.6. The van der Waals surface area contributed by atoms with Crippen LogP contribution < -0.4 is 5.32 Å². The fraction of sp³-hybridized carbons (Fsp3) is 0.600. The predicted octanol–water partition coefficient (Wildman–Crippen LogP) is 3.74. The molecule has 0 aliphatic heterocycles. The van der Waals surface area contributed by atoms with Gasteiger partial charge in [0.2, 0.25) is 0 Å². The summed E-state index contributed by atoms with van der Waals surface area (Å²) >= 11 is 1.95. The minimum atomic E-state index is 0.581. The molecule has 0 heterocycles. The van der Waals surface area contributed by atoms with Gasteiger partial charge in [-0.2, -0.15) is 11.8 Å². The van der Waals surface area contributed by atoms with E-state index in [9.17, 15) is 0 Å². The summed E-state index contributed by atoms with van der Waals surface area (Å²) < 4.78 is 0. The highest BCUT2D eigenvalue weighted by Gasteiger charge is 2.01. The molecule has 2 heteroatoms. The fourth-order valence-electron chi connectivity index (χ4n) is 1.94. The molecule has 1 atom stereocenters. The van der Waals surface area contributed by atoms with Crippen LogP contribution in [-0.2, 0) is 6.42 Å². The van der Waals surface area contributed by atoms with E-state index in [1.54, 1.807) is 0 Å². The first-order valence-electron chi connectivity index (χ1n) is 6.59. The molecule has 1 aromatic carbocycles. The topological polar surface area (TPSA) is 12.0 Å². The lowest BCUT2D eigenvalue weighted by Crippen LogP contribution is -2.28. The first kappa shape index (κ1) is 14.6. The molecule has 0 aliphatic rings. The zero-order chi connectivity index (χ0) is 12.3. The van der Waals surface area contributed by atoms with E-state index in [1.807, 2.05) is 11.8 Å². The third-order valence-corrected chi connectivity index (χ3v) is 3.60. The zero-order valence-electron chi connectivity index (χ0n) is 11.1. The second-order valence-electron chi connectivity index (χ2n) is 4.60. The molecule has 1 N–H and O–H groups in total. The first-order chi connectivity index (χ1) is 8.33. The quantitative estimate of drug-likeness (QED) is 0.671. The highest BCUT2D eigenvalue weighted by Crippen LogP contribution is 2.04. The molecule has 0 aromatic heterocycles. The van der Waals surface area contributed by atoms with Crippen LogP contribution in [0.4, 0.5) is 0 Å². The molecule has 1 aromatic rings. The summed E-state index contributed by atoms with van der Waals surface area (Å²) in [6, 6.07) is 11.3. The SMILES string of the molecule is CSCCCCCNC(C)Cc1ccccc1. The van der Waals surface area contributed by atoms with Gasteiger partial charge >= 0.3 is 0 Å². The van der Waals surface area contributed by atoms with Gasteiger partial charge in [-0.3, -0.25) is 0 Å². The van der Waals surface area contributed by atoms with Gasteiger partial charge in [-0.15, -0.1) is 0 Å². The van der Waals surface area contributed by atoms with E-state index < -0.39 is 0 Å². The monoisotopic (exact) mass is 251 g/mol. The summed E-state index contributed by atoms with van der Waals surface area (Å²) in [5.41, 5.74) is 1.43. The highest BCUT2D eigenvalue weighted by molar-refractivity contribution is 7.98. The molecule has 0 aliphatic carbocycles. The van der Waals surface area contributed by atoms with Gasteiger partial charge in [-0.25, -0.2) is 0 Å². The van der Waals surface area contributed by atoms with E-state index in [1.165, 1.54) is 30.6 Å². The maximum absolute atomic E-state index is 3.60. The van der Waals surface area contributed by atoms with Gasteiger partial charge in [0.05, 0.1) is 0 Å². The van der Waals surface area contributed by atoms with Crippen molar-refractivity contribution in [3.8, 4) is 0 Å². The van der Waals surface area contributed by atoms with E-state index >= 15 is 0 Å². The number of benzene rings is 1. The van der Waals surface area contributed by atoms with Gasteiger partial charge in [0.25, 0.3) is 0 Å². The lowest BCUT2D eigenvalue weighted by Gasteiger charge is -2.13. The number of hydrogen-bond donors (Lipinski definition) is 1. The van der Waals surface area contributed by atoms with Crippen molar-refractivity contribution in [1.82, 2.24) is 5.32 Å². The molecule has 0 fully saturated rings. The Labute approximate surface area is 110 Å². The maximum Gasteiger partial charge on any atom is 0.00791 e. The number of rotatable bonds is 9. The molecule has 96 valence electrons. The summed E-state index contributed by atoms with van der Waals surface area (Å²) in [6.07, 6.45) is 7.33. The Bertz CT molecular complexity index is 274. The third kappa shape index (κ3) is 7.45. The van der Waals surface area contributed by atoms with Crippen LogP contribution in [0.2, 0.25) is 0 Å². The van der Waals surface area contributed by atoms with Crippen LogP contribution in [0.15, 0.2) is 30.3 Å². The molecule has 0 radical (unpaired) electrons. The predicted molar refractivity (Wildman–Crippen MR) is 79.8 cm³/mol. The molecule has 0 bridgehead atoms. The van der Waals surface area contributed by atoms with Gasteiger partial charge in [0, 0.05) is 6.04 Å². The lowest BCUT2D eigenvalue weighted by molar-refractivity contribution is 0.524. The fourth-order valence-corrected chi connectivity index (χ4v) is 2.43. The Morgan fingerprint density at radius 1 is 1.12 bits per heavy atom. The number of thioether (sulfide) groups is 1. The molecule has 1 unspecified atom stereocenters. The second-order valence-corrected chi connectivity index (χ2v) is 5.58. The maximum atomic E-state index is 3.60. The lowest BCUT2D eigenvalue weighted by atomic mass is 10.1. The van der Waals surface area contributed by atoms with Crippen LogP contribution in [0.5, 0.6) is 0 Å². The molecule has 0 saturated carbocycles. The number of nitrogens with one attached hydrogen (secondary N) is 1. The van der Waals surface area contributed by atoms with Crippen LogP contribution >= 0.6 is 11.8 Å². The largest absolute Gasteiger partial charge is 0.314 e. The Kier molecular flexibility index (Phi) is 8.20. The van der Waals surface area contributed by atoms with Crippen LogP contribution in [0.25, 0.3) is 0 Å². The van der Waals surface area contributed by atoms with Gasteiger partial charge in [0.15, 0.2) is 0 Å². The molecule has 0 saturated heterocycles. The van der Waals surface area contributed by atoms with Crippen LogP contribution in [-0.4, -0.2) is 24.6 Å². The average molecular weight is 251 g/mol. The smallest absolute Gasteiger partial charge is 0.00791 e. The molecule has 1 nitrogen and oxygen atoms in total. The van der Waals surface area contributed by atoms with E-state index in [0.29, 0.717) is 6.04 Å². The van der Waals surface area contributed by atoms with E-state index in [4.69, 9.17) is 0 Å². The summed E-state index contributed by atoms with van der Waals surface area (Å²) in [5, 5.41) is 3.60. The van der Waals surface area contributed by atoms with E-state index in [2.05, 4.69) is 48.8 Å². The molecule has 17 heavy (non-hydrogen) atoms. The zero-order valence-corrected chi connectivity index (χ0v) is 11.9. The molecular weight excluding hydrogens is 226 g/mol. The van der Waals surface area contributed by atoms with E-state index in [0.717, 1.165) is 13.0 Å². The molecular formula is C15H25NS. The Balaban J connectivity index is 2.03. The van der Waals surface area contributed by atoms with Crippen LogP contribution in [0.3, 0.4) is 0 Å². The first-order valence-corrected chi connectivity index (χ1v) is 7.98. The van der Waals surface area contributed by atoms with Crippen molar-refractivity contribution in [2.24, 2.45) is 0 Å². The van der Waals surface area contributed by atoms with Gasteiger partial charge < -0.3 is 5.32 Å². The second kappa shape index (κ2) is 9.55. The van der Waals surface area contributed by atoms with Crippen molar-refractivity contribution >= 4 is 11.8 Å². The standard InChI is InChI=1S/C15H25NS/c1-14(13-15-9-5-3-6-10-15)16-11-7-4-8-12-17-2/h3,5-6,9-10,14,16H,4,7-8,11-13H2,1-2H3. The molecule has 0 amide bonds. The van der Waals surface area contributed by atoms with Crippen molar-refractivity contribution in [2.75, 3.05) is 18.6 Å². The van der Waals surface area contributed by atoms with Gasteiger partial charge in [0.1, 0.15) is 0 Å². The summed E-state index contributed by atoms with van der Waals surface area (Å²) in [5.74, 6) is 1.31. The summed E-state index contributed by atoms with van der Waals surface area (Å²) in [7, 11) is 0. The van der Waals surface area contributed by atoms with Crippen molar-refractivity contribution in [2.45, 2.75) is 38.6 Å². The van der Waals surface area contributed by atoms with Crippen LogP contribution in [0, 0.1) is 0 Å².